The van der Waals surface area contributed by atoms with E-state index < -0.39 is 0 Å². The summed E-state index contributed by atoms with van der Waals surface area (Å²) in [7, 11) is 0. The summed E-state index contributed by atoms with van der Waals surface area (Å²) in [5.41, 5.74) is 2.67. The first kappa shape index (κ1) is 12.4. The third-order valence-corrected chi connectivity index (χ3v) is 2.20. The largest absolute Gasteiger partial charge is 0.299 e. The molecule has 0 atom stereocenters. The van der Waals surface area contributed by atoms with Crippen LogP contribution in [0.2, 0.25) is 0 Å². The Morgan fingerprint density at radius 2 is 1.54 bits per heavy atom. The van der Waals surface area contributed by atoms with Crippen molar-refractivity contribution in [1.29, 1.82) is 0 Å². The van der Waals surface area contributed by atoms with Crippen molar-refractivity contribution in [3.05, 3.63) is 11.1 Å². The quantitative estimate of drug-likeness (QED) is 0.570. The van der Waals surface area contributed by atoms with E-state index in [2.05, 4.69) is 27.7 Å². The molecular weight excluding hydrogens is 160 g/mol. The highest BCUT2D eigenvalue weighted by Crippen LogP contribution is 2.16. The van der Waals surface area contributed by atoms with Gasteiger partial charge < -0.3 is 0 Å². The molecule has 0 aliphatic heterocycles. The van der Waals surface area contributed by atoms with Gasteiger partial charge in [-0.25, -0.2) is 0 Å². The zero-order chi connectivity index (χ0) is 10.3. The SMILES string of the molecule is CCCC(=O)CC(CCC)=C(C)C. The van der Waals surface area contributed by atoms with Gasteiger partial charge in [-0.05, 0) is 26.7 Å². The molecule has 0 saturated carbocycles. The van der Waals surface area contributed by atoms with E-state index in [1.165, 1.54) is 11.1 Å². The minimum atomic E-state index is 0.396. The molecule has 0 aliphatic rings. The fourth-order valence-electron chi connectivity index (χ4n) is 1.42. The van der Waals surface area contributed by atoms with E-state index in [9.17, 15) is 4.79 Å². The molecule has 0 rings (SSSR count). The molecule has 0 aliphatic carbocycles. The Hall–Kier alpha value is -0.590. The second-order valence-electron chi connectivity index (χ2n) is 3.82. The highest BCUT2D eigenvalue weighted by molar-refractivity contribution is 5.80. The van der Waals surface area contributed by atoms with Crippen LogP contribution >= 0.6 is 0 Å². The second-order valence-corrected chi connectivity index (χ2v) is 3.82. The molecule has 0 unspecified atom stereocenters. The first-order valence-corrected chi connectivity index (χ1v) is 5.28. The molecule has 0 fully saturated rings. The summed E-state index contributed by atoms with van der Waals surface area (Å²) < 4.78 is 0. The predicted octanol–water partition coefficient (Wildman–Crippen LogP) is 3.88. The zero-order valence-electron chi connectivity index (χ0n) is 9.44. The molecule has 0 aromatic carbocycles. The maximum absolute atomic E-state index is 11.4. The molecule has 13 heavy (non-hydrogen) atoms. The molecule has 0 heterocycles. The van der Waals surface area contributed by atoms with Gasteiger partial charge in [0.2, 0.25) is 0 Å². The van der Waals surface area contributed by atoms with Gasteiger partial charge in [0, 0.05) is 12.8 Å². The van der Waals surface area contributed by atoms with E-state index in [-0.39, 0.29) is 0 Å². The van der Waals surface area contributed by atoms with Crippen LogP contribution in [0.15, 0.2) is 11.1 Å². The second kappa shape index (κ2) is 6.88. The lowest BCUT2D eigenvalue weighted by atomic mass is 9.98. The van der Waals surface area contributed by atoms with Crippen molar-refractivity contribution < 1.29 is 4.79 Å². The van der Waals surface area contributed by atoms with Gasteiger partial charge in [-0.3, -0.25) is 4.79 Å². The molecule has 0 aromatic rings. The Kier molecular flexibility index (Phi) is 6.56. The molecule has 0 N–H and O–H groups in total. The fourth-order valence-corrected chi connectivity index (χ4v) is 1.42. The Morgan fingerprint density at radius 1 is 1.00 bits per heavy atom. The molecular formula is C12H22O. The predicted molar refractivity (Wildman–Crippen MR) is 57.8 cm³/mol. The standard InChI is InChI=1S/C12H22O/c1-5-7-11(10(3)4)9-12(13)8-6-2/h5-9H2,1-4H3. The van der Waals surface area contributed by atoms with Crippen molar-refractivity contribution in [2.24, 2.45) is 0 Å². The molecule has 1 heteroatoms. The monoisotopic (exact) mass is 182 g/mol. The maximum atomic E-state index is 11.4. The van der Waals surface area contributed by atoms with E-state index in [0.717, 1.165) is 25.7 Å². The Bertz CT molecular complexity index is 185. The lowest BCUT2D eigenvalue weighted by Crippen LogP contribution is -2.00. The van der Waals surface area contributed by atoms with Crippen LogP contribution in [0.3, 0.4) is 0 Å². The fraction of sp³-hybridized carbons (Fsp3) is 0.750. The van der Waals surface area contributed by atoms with Gasteiger partial charge in [0.1, 0.15) is 5.78 Å². The van der Waals surface area contributed by atoms with Crippen molar-refractivity contribution in [1.82, 2.24) is 0 Å². The van der Waals surface area contributed by atoms with Gasteiger partial charge in [-0.1, -0.05) is 31.4 Å². The lowest BCUT2D eigenvalue weighted by Gasteiger charge is -2.07. The summed E-state index contributed by atoms with van der Waals surface area (Å²) in [6, 6.07) is 0. The Labute approximate surface area is 82.2 Å². The molecule has 0 aromatic heterocycles. The highest BCUT2D eigenvalue weighted by Gasteiger charge is 2.05. The van der Waals surface area contributed by atoms with Gasteiger partial charge >= 0.3 is 0 Å². The average molecular weight is 182 g/mol. The smallest absolute Gasteiger partial charge is 0.136 e. The van der Waals surface area contributed by atoms with Crippen molar-refractivity contribution >= 4 is 5.78 Å². The summed E-state index contributed by atoms with van der Waals surface area (Å²) in [5, 5.41) is 0. The van der Waals surface area contributed by atoms with Crippen LogP contribution in [0, 0.1) is 0 Å². The third kappa shape index (κ3) is 5.62. The van der Waals surface area contributed by atoms with E-state index in [4.69, 9.17) is 0 Å². The van der Waals surface area contributed by atoms with Crippen LogP contribution in [0.5, 0.6) is 0 Å². The van der Waals surface area contributed by atoms with Crippen LogP contribution in [-0.4, -0.2) is 5.78 Å². The average Bonchev–Trinajstić information content (AvgIpc) is 2.04. The van der Waals surface area contributed by atoms with Crippen LogP contribution in [0.25, 0.3) is 0 Å². The van der Waals surface area contributed by atoms with Gasteiger partial charge in [0.25, 0.3) is 0 Å². The lowest BCUT2D eigenvalue weighted by molar-refractivity contribution is -0.118. The van der Waals surface area contributed by atoms with E-state index in [0.29, 0.717) is 12.2 Å². The van der Waals surface area contributed by atoms with Gasteiger partial charge in [0.15, 0.2) is 0 Å². The zero-order valence-corrected chi connectivity index (χ0v) is 9.44. The van der Waals surface area contributed by atoms with Crippen LogP contribution in [-0.2, 0) is 4.79 Å². The van der Waals surface area contributed by atoms with Crippen LogP contribution < -0.4 is 0 Å². The van der Waals surface area contributed by atoms with Crippen LogP contribution in [0.4, 0.5) is 0 Å². The summed E-state index contributed by atoms with van der Waals surface area (Å²) in [5.74, 6) is 0.396. The topological polar surface area (TPSA) is 17.1 Å². The maximum Gasteiger partial charge on any atom is 0.136 e. The first-order valence-electron chi connectivity index (χ1n) is 5.28. The number of carbonyl (C=O) groups is 1. The Balaban J connectivity index is 4.12. The van der Waals surface area contributed by atoms with Gasteiger partial charge in [-0.15, -0.1) is 0 Å². The summed E-state index contributed by atoms with van der Waals surface area (Å²) in [4.78, 5) is 11.4. The van der Waals surface area contributed by atoms with Gasteiger partial charge in [-0.2, -0.15) is 0 Å². The number of allylic oxidation sites excluding steroid dienone is 2. The number of rotatable bonds is 6. The van der Waals surface area contributed by atoms with E-state index >= 15 is 0 Å². The van der Waals surface area contributed by atoms with Gasteiger partial charge in [0.05, 0.1) is 0 Å². The number of ketones is 1. The van der Waals surface area contributed by atoms with Crippen molar-refractivity contribution in [3.8, 4) is 0 Å². The normalized spacial score (nSPS) is 9.85. The molecule has 0 radical (unpaired) electrons. The number of hydrogen-bond donors (Lipinski definition) is 0. The third-order valence-electron chi connectivity index (χ3n) is 2.20. The summed E-state index contributed by atoms with van der Waals surface area (Å²) in [6.07, 6.45) is 4.61. The minimum absolute atomic E-state index is 0.396. The van der Waals surface area contributed by atoms with Crippen molar-refractivity contribution in [3.63, 3.8) is 0 Å². The van der Waals surface area contributed by atoms with E-state index in [1.54, 1.807) is 0 Å². The molecule has 0 saturated heterocycles. The summed E-state index contributed by atoms with van der Waals surface area (Å²) >= 11 is 0. The van der Waals surface area contributed by atoms with Crippen molar-refractivity contribution in [2.75, 3.05) is 0 Å². The molecule has 0 amide bonds. The van der Waals surface area contributed by atoms with Crippen LogP contribution in [0.1, 0.15) is 59.8 Å². The first-order chi connectivity index (χ1) is 6.11. The molecule has 76 valence electrons. The van der Waals surface area contributed by atoms with E-state index in [1.807, 2.05) is 0 Å². The van der Waals surface area contributed by atoms with Crippen molar-refractivity contribution in [2.45, 2.75) is 59.8 Å². The summed E-state index contributed by atoms with van der Waals surface area (Å²) in [6.45, 7) is 8.42. The number of carbonyl (C=O) groups excluding carboxylic acids is 1. The molecule has 1 nitrogen and oxygen atoms in total. The number of Topliss-reactive ketones (excluding diaryl/α,β-unsaturated/α-hetero) is 1. The Morgan fingerprint density at radius 3 is 1.92 bits per heavy atom. The highest BCUT2D eigenvalue weighted by atomic mass is 16.1. The molecule has 0 spiro atoms. The number of hydrogen-bond acceptors (Lipinski definition) is 1. The molecule has 0 bridgehead atoms. The minimum Gasteiger partial charge on any atom is -0.299 e.